The van der Waals surface area contributed by atoms with E-state index >= 15 is 0 Å². The third-order valence-corrected chi connectivity index (χ3v) is 1.24. The number of carbonyl (C=O) groups is 1. The summed E-state index contributed by atoms with van der Waals surface area (Å²) in [6, 6.07) is 0. The van der Waals surface area contributed by atoms with Crippen molar-refractivity contribution < 1.29 is 9.53 Å². The smallest absolute Gasteiger partial charge is 0.297 e. The number of hydrogen-bond acceptors (Lipinski definition) is 3. The molecule has 0 aromatic carbocycles. The molecule has 0 amide bonds. The van der Waals surface area contributed by atoms with E-state index in [2.05, 4.69) is 10.1 Å². The van der Waals surface area contributed by atoms with Crippen LogP contribution >= 0.6 is 0 Å². The fourth-order valence-corrected chi connectivity index (χ4v) is 0.689. The van der Waals surface area contributed by atoms with Gasteiger partial charge in [-0.15, -0.1) is 0 Å². The van der Waals surface area contributed by atoms with Crippen LogP contribution in [0.2, 0.25) is 0 Å². The van der Waals surface area contributed by atoms with E-state index in [-0.39, 0.29) is 0 Å². The number of nitrogens with one attached hydrogen (secondary N) is 1. The molecule has 1 aliphatic heterocycles. The molecule has 0 fully saturated rings. The first-order valence-corrected chi connectivity index (χ1v) is 3.23. The molecule has 0 bridgehead atoms. The maximum Gasteiger partial charge on any atom is 0.297 e. The Kier molecular flexibility index (Phi) is 2.49. The zero-order valence-corrected chi connectivity index (χ0v) is 6.20. The summed E-state index contributed by atoms with van der Waals surface area (Å²) in [5, 5.41) is 2.93. The summed E-state index contributed by atoms with van der Waals surface area (Å²) >= 11 is 0. The van der Waals surface area contributed by atoms with Gasteiger partial charge in [-0.25, -0.2) is 0 Å². The second-order valence-corrected chi connectivity index (χ2v) is 2.17. The molecule has 3 heteroatoms. The van der Waals surface area contributed by atoms with Gasteiger partial charge in [0.25, 0.3) is 6.47 Å². The Morgan fingerprint density at radius 3 is 2.91 bits per heavy atom. The van der Waals surface area contributed by atoms with Crippen LogP contribution in [0.5, 0.6) is 0 Å². The molecule has 0 aromatic rings. The molecule has 11 heavy (non-hydrogen) atoms. The van der Waals surface area contributed by atoms with Crippen molar-refractivity contribution in [3.8, 4) is 0 Å². The summed E-state index contributed by atoms with van der Waals surface area (Å²) in [6.07, 6.45) is 6.95. The highest BCUT2D eigenvalue weighted by atomic mass is 16.5. The van der Waals surface area contributed by atoms with Crippen molar-refractivity contribution in [1.82, 2.24) is 5.32 Å². The van der Waals surface area contributed by atoms with E-state index in [1.54, 1.807) is 0 Å². The minimum Gasteiger partial charge on any atom is -0.435 e. The molecular weight excluding hydrogens is 142 g/mol. The zero-order chi connectivity index (χ0) is 8.10. The number of carbonyl (C=O) groups excluding carboxylic acids is 1. The van der Waals surface area contributed by atoms with Crippen LogP contribution in [0, 0.1) is 0 Å². The van der Waals surface area contributed by atoms with Crippen LogP contribution in [0.1, 0.15) is 6.92 Å². The Hall–Kier alpha value is -1.51. The highest BCUT2D eigenvalue weighted by Gasteiger charge is 1.94. The number of rotatable bonds is 2. The number of ether oxygens (including phenoxy) is 1. The Morgan fingerprint density at radius 1 is 1.55 bits per heavy atom. The van der Waals surface area contributed by atoms with Crippen molar-refractivity contribution in [2.24, 2.45) is 0 Å². The Labute approximate surface area is 65.0 Å². The van der Waals surface area contributed by atoms with E-state index in [4.69, 9.17) is 0 Å². The second-order valence-electron chi connectivity index (χ2n) is 2.17. The van der Waals surface area contributed by atoms with E-state index in [1.807, 2.05) is 25.3 Å². The Morgan fingerprint density at radius 2 is 2.36 bits per heavy atom. The fraction of sp³-hybridized carbons (Fsp3) is 0.125. The molecule has 0 saturated heterocycles. The third kappa shape index (κ3) is 2.29. The number of hydrogen-bond donors (Lipinski definition) is 1. The predicted octanol–water partition coefficient (Wildman–Crippen LogP) is 1.06. The van der Waals surface area contributed by atoms with E-state index in [9.17, 15) is 4.79 Å². The minimum absolute atomic E-state index is 0.383. The Balaban J connectivity index is 2.54. The third-order valence-electron chi connectivity index (χ3n) is 1.24. The second kappa shape index (κ2) is 3.61. The van der Waals surface area contributed by atoms with Crippen LogP contribution in [-0.2, 0) is 9.53 Å². The van der Waals surface area contributed by atoms with Gasteiger partial charge in [-0.1, -0.05) is 6.08 Å². The lowest BCUT2D eigenvalue weighted by Crippen LogP contribution is -2.07. The molecule has 1 heterocycles. The average molecular weight is 151 g/mol. The number of allylic oxidation sites excluding steroid dienone is 3. The van der Waals surface area contributed by atoms with Gasteiger partial charge >= 0.3 is 0 Å². The minimum atomic E-state index is 0.383. The molecule has 58 valence electrons. The summed E-state index contributed by atoms with van der Waals surface area (Å²) in [5.41, 5.74) is 1.90. The van der Waals surface area contributed by atoms with Crippen LogP contribution < -0.4 is 5.32 Å². The van der Waals surface area contributed by atoms with E-state index < -0.39 is 0 Å². The van der Waals surface area contributed by atoms with Crippen molar-refractivity contribution in [3.05, 3.63) is 35.9 Å². The molecule has 0 aromatic heterocycles. The van der Waals surface area contributed by atoms with Gasteiger partial charge in [0.15, 0.2) is 0 Å². The maximum absolute atomic E-state index is 9.78. The molecule has 0 radical (unpaired) electrons. The van der Waals surface area contributed by atoms with Crippen molar-refractivity contribution in [2.75, 3.05) is 0 Å². The first kappa shape index (κ1) is 7.60. The molecular formula is C8H9NO2. The molecule has 3 nitrogen and oxygen atoms in total. The van der Waals surface area contributed by atoms with Crippen LogP contribution in [-0.4, -0.2) is 6.47 Å². The predicted molar refractivity (Wildman–Crippen MR) is 41.3 cm³/mol. The lowest BCUT2D eigenvalue weighted by molar-refractivity contribution is -0.123. The normalized spacial score (nSPS) is 19.0. The summed E-state index contributed by atoms with van der Waals surface area (Å²) in [6.45, 7) is 2.36. The van der Waals surface area contributed by atoms with Gasteiger partial charge in [0, 0.05) is 6.20 Å². The SMILES string of the molecule is CC1=CNC(=COC=O)C=C1. The highest BCUT2D eigenvalue weighted by molar-refractivity contribution is 5.40. The quantitative estimate of drug-likeness (QED) is 0.473. The lowest BCUT2D eigenvalue weighted by Gasteiger charge is -2.06. The fourth-order valence-electron chi connectivity index (χ4n) is 0.689. The molecule has 0 aliphatic carbocycles. The van der Waals surface area contributed by atoms with E-state index in [0.29, 0.717) is 6.47 Å². The van der Waals surface area contributed by atoms with Crippen molar-refractivity contribution in [3.63, 3.8) is 0 Å². The first-order chi connectivity index (χ1) is 5.33. The Bertz CT molecular complexity index is 238. The van der Waals surface area contributed by atoms with Crippen LogP contribution in [0.25, 0.3) is 0 Å². The van der Waals surface area contributed by atoms with Gasteiger partial charge in [-0.05, 0) is 18.6 Å². The van der Waals surface area contributed by atoms with Crippen LogP contribution in [0.3, 0.4) is 0 Å². The first-order valence-electron chi connectivity index (χ1n) is 3.23. The molecule has 1 aliphatic rings. The van der Waals surface area contributed by atoms with Crippen molar-refractivity contribution in [1.29, 1.82) is 0 Å². The van der Waals surface area contributed by atoms with E-state index in [0.717, 1.165) is 11.3 Å². The van der Waals surface area contributed by atoms with Crippen LogP contribution in [0.4, 0.5) is 0 Å². The monoisotopic (exact) mass is 151 g/mol. The van der Waals surface area contributed by atoms with Crippen molar-refractivity contribution in [2.45, 2.75) is 6.92 Å². The van der Waals surface area contributed by atoms with Gasteiger partial charge < -0.3 is 10.1 Å². The molecule has 0 spiro atoms. The van der Waals surface area contributed by atoms with Crippen LogP contribution in [0.15, 0.2) is 35.9 Å². The van der Waals surface area contributed by atoms with Crippen molar-refractivity contribution >= 4 is 6.47 Å². The van der Waals surface area contributed by atoms with Gasteiger partial charge in [0.05, 0.1) is 5.70 Å². The zero-order valence-electron chi connectivity index (χ0n) is 6.20. The summed E-state index contributed by atoms with van der Waals surface area (Å²) < 4.78 is 4.42. The summed E-state index contributed by atoms with van der Waals surface area (Å²) in [5.74, 6) is 0. The molecule has 0 unspecified atom stereocenters. The summed E-state index contributed by atoms with van der Waals surface area (Å²) in [7, 11) is 0. The average Bonchev–Trinajstić information content (AvgIpc) is 2.04. The molecule has 1 N–H and O–H groups in total. The maximum atomic E-state index is 9.78. The standard InChI is InChI=1S/C8H9NO2/c1-7-2-3-8(9-4-7)5-11-6-10/h2-6,9H,1H3. The molecule has 1 rings (SSSR count). The largest absolute Gasteiger partial charge is 0.435 e. The van der Waals surface area contributed by atoms with Gasteiger partial charge in [0.1, 0.15) is 6.26 Å². The molecule has 0 saturated carbocycles. The highest BCUT2D eigenvalue weighted by Crippen LogP contribution is 2.04. The summed E-state index contributed by atoms with van der Waals surface area (Å²) in [4.78, 5) is 9.78. The lowest BCUT2D eigenvalue weighted by atomic mass is 10.2. The van der Waals surface area contributed by atoms with Gasteiger partial charge in [0.2, 0.25) is 0 Å². The van der Waals surface area contributed by atoms with E-state index in [1.165, 1.54) is 6.26 Å². The molecule has 0 atom stereocenters. The number of dihydropyridines is 1. The van der Waals surface area contributed by atoms with Gasteiger partial charge in [-0.3, -0.25) is 4.79 Å². The topological polar surface area (TPSA) is 38.3 Å². The van der Waals surface area contributed by atoms with Gasteiger partial charge in [-0.2, -0.15) is 0 Å².